The average Bonchev–Trinajstić information content (AvgIpc) is 3.96. The summed E-state index contributed by atoms with van der Waals surface area (Å²) < 4.78 is 93.9. The molecule has 0 fully saturated rings. The average molecular weight is 599 g/mol. The van der Waals surface area contributed by atoms with Crippen LogP contribution in [-0.2, 0) is 0 Å². The number of hydrogen-bond donors (Lipinski definition) is 0. The Bertz CT molecular complexity index is 3470. The zero-order valence-corrected chi connectivity index (χ0v) is 23.7. The number of furan rings is 2. The topological polar surface area (TPSA) is 57.2 Å². The Balaban J connectivity index is 1.40. The van der Waals surface area contributed by atoms with Gasteiger partial charge in [0.25, 0.3) is 0 Å². The summed E-state index contributed by atoms with van der Waals surface area (Å²) in [5.41, 5.74) is 3.63. The Morgan fingerprint density at radius 2 is 1.33 bits per heavy atom. The number of benzene rings is 7. The van der Waals surface area contributed by atoms with Crippen LogP contribution >= 0.6 is 0 Å². The van der Waals surface area contributed by atoms with Crippen molar-refractivity contribution in [2.24, 2.45) is 0 Å². The normalized spacial score (nSPS) is 14.8. The van der Waals surface area contributed by atoms with Gasteiger partial charge in [0.1, 0.15) is 22.3 Å². The standard InChI is InChI=1S/C41H22N2O3/c1-2-12-25-23(10-1)29(41-42-30-15-5-8-19-34(30)46-41)22-36-37(25)28-14-9-17-32(40(28)45-36)43-31-16-6-3-11-24(31)26-20-21-35-38(39(26)43)27-13-4-7-18-33(27)44-35/h1-22H/i1D,2D,9D,10D,12D,14D,17D,22D. The highest BCUT2D eigenvalue weighted by molar-refractivity contribution is 6.26. The predicted molar refractivity (Wildman–Crippen MR) is 186 cm³/mol. The van der Waals surface area contributed by atoms with E-state index in [4.69, 9.17) is 18.7 Å². The molecular weight excluding hydrogens is 568 g/mol. The highest BCUT2D eigenvalue weighted by Gasteiger charge is 2.23. The molecule has 4 heterocycles. The van der Waals surface area contributed by atoms with Crippen LogP contribution in [0.3, 0.4) is 0 Å². The predicted octanol–water partition coefficient (Wildman–Crippen LogP) is 11.5. The molecule has 46 heavy (non-hydrogen) atoms. The molecule has 214 valence electrons. The number of rotatable bonds is 2. The third-order valence-corrected chi connectivity index (χ3v) is 8.82. The van der Waals surface area contributed by atoms with Crippen molar-refractivity contribution in [3.63, 3.8) is 0 Å². The van der Waals surface area contributed by atoms with E-state index in [9.17, 15) is 5.48 Å². The fraction of sp³-hybridized carbons (Fsp3) is 0. The third kappa shape index (κ3) is 3.06. The first-order chi connectivity index (χ1) is 26.2. The minimum absolute atomic E-state index is 0.00605. The van der Waals surface area contributed by atoms with Crippen LogP contribution in [0.15, 0.2) is 147 Å². The van der Waals surface area contributed by atoms with E-state index in [0.717, 1.165) is 21.5 Å². The van der Waals surface area contributed by atoms with Crippen molar-refractivity contribution < 1.29 is 24.2 Å². The minimum Gasteiger partial charge on any atom is -0.456 e. The third-order valence-electron chi connectivity index (χ3n) is 8.82. The molecule has 0 atom stereocenters. The number of hydrogen-bond acceptors (Lipinski definition) is 4. The first kappa shape index (κ1) is 17.8. The van der Waals surface area contributed by atoms with Crippen LogP contribution in [-0.4, -0.2) is 9.55 Å². The van der Waals surface area contributed by atoms with Gasteiger partial charge < -0.3 is 17.8 Å². The van der Waals surface area contributed by atoms with Crippen LogP contribution in [0.5, 0.6) is 0 Å². The second kappa shape index (κ2) is 8.65. The summed E-state index contributed by atoms with van der Waals surface area (Å²) >= 11 is 0. The van der Waals surface area contributed by atoms with Crippen molar-refractivity contribution in [3.05, 3.63) is 133 Å². The van der Waals surface area contributed by atoms with Crippen molar-refractivity contribution in [2.75, 3.05) is 0 Å². The lowest BCUT2D eigenvalue weighted by Gasteiger charge is -2.09. The van der Waals surface area contributed by atoms with E-state index in [1.807, 2.05) is 65.2 Å². The number of fused-ring (bicyclic) bond motifs is 13. The second-order valence-corrected chi connectivity index (χ2v) is 11.3. The van der Waals surface area contributed by atoms with Crippen LogP contribution in [0.25, 0.3) is 105 Å². The van der Waals surface area contributed by atoms with E-state index in [2.05, 4.69) is 4.98 Å². The molecule has 0 bridgehead atoms. The van der Waals surface area contributed by atoms with Gasteiger partial charge in [-0.05, 0) is 59.3 Å². The number of oxazole rings is 1. The van der Waals surface area contributed by atoms with Gasteiger partial charge in [-0.15, -0.1) is 0 Å². The highest BCUT2D eigenvalue weighted by Crippen LogP contribution is 2.45. The van der Waals surface area contributed by atoms with Crippen molar-refractivity contribution in [1.29, 1.82) is 0 Å². The van der Waals surface area contributed by atoms with Gasteiger partial charge in [-0.25, -0.2) is 4.98 Å². The molecule has 0 N–H and O–H groups in total. The fourth-order valence-corrected chi connectivity index (χ4v) is 6.91. The summed E-state index contributed by atoms with van der Waals surface area (Å²) in [5.74, 6) is -0.0381. The van der Waals surface area contributed by atoms with E-state index in [1.165, 1.54) is 0 Å². The molecule has 0 aliphatic heterocycles. The Labute approximate surface area is 271 Å². The minimum atomic E-state index is -0.518. The molecule has 0 aliphatic rings. The molecule has 11 aromatic rings. The Hall–Kier alpha value is -6.33. The van der Waals surface area contributed by atoms with Gasteiger partial charge in [0.15, 0.2) is 11.2 Å². The molecule has 0 unspecified atom stereocenters. The van der Waals surface area contributed by atoms with Gasteiger partial charge in [0, 0.05) is 32.5 Å². The Morgan fingerprint density at radius 3 is 2.24 bits per heavy atom. The molecule has 0 radical (unpaired) electrons. The van der Waals surface area contributed by atoms with Crippen LogP contribution in [0, 0.1) is 0 Å². The van der Waals surface area contributed by atoms with E-state index in [-0.39, 0.29) is 68.0 Å². The number of aromatic nitrogens is 2. The molecule has 7 aromatic carbocycles. The molecule has 0 amide bonds. The van der Waals surface area contributed by atoms with Crippen LogP contribution < -0.4 is 0 Å². The zero-order chi connectivity index (χ0) is 36.9. The van der Waals surface area contributed by atoms with Gasteiger partial charge in [-0.3, -0.25) is 0 Å². The van der Waals surface area contributed by atoms with Crippen molar-refractivity contribution in [3.8, 4) is 17.1 Å². The molecule has 5 heteroatoms. The first-order valence-corrected chi connectivity index (χ1v) is 14.7. The van der Waals surface area contributed by atoms with E-state index in [0.29, 0.717) is 33.3 Å². The summed E-state index contributed by atoms with van der Waals surface area (Å²) in [5, 5.41) is 3.42. The van der Waals surface area contributed by atoms with Gasteiger partial charge in [0.05, 0.1) is 33.1 Å². The molecule has 5 nitrogen and oxygen atoms in total. The Morgan fingerprint density at radius 1 is 0.543 bits per heavy atom. The van der Waals surface area contributed by atoms with Crippen LogP contribution in [0.2, 0.25) is 0 Å². The first-order valence-electron chi connectivity index (χ1n) is 18.7. The monoisotopic (exact) mass is 598 g/mol. The van der Waals surface area contributed by atoms with Crippen molar-refractivity contribution in [2.45, 2.75) is 0 Å². The number of nitrogens with zero attached hydrogens (tertiary/aromatic N) is 2. The molecule has 11 rings (SSSR count). The van der Waals surface area contributed by atoms with Gasteiger partial charge in [-0.2, -0.15) is 0 Å². The van der Waals surface area contributed by atoms with E-state index < -0.39 is 30.2 Å². The van der Waals surface area contributed by atoms with Crippen molar-refractivity contribution >= 4 is 87.6 Å². The number of para-hydroxylation sites is 5. The lowest BCUT2D eigenvalue weighted by atomic mass is 9.99. The maximum atomic E-state index is 9.60. The molecule has 4 aromatic heterocycles. The quantitative estimate of drug-likeness (QED) is 0.199. The molecule has 0 saturated carbocycles. The summed E-state index contributed by atoms with van der Waals surface area (Å²) in [6, 6.07) is 23.0. The largest absolute Gasteiger partial charge is 0.456 e. The summed E-state index contributed by atoms with van der Waals surface area (Å²) in [6.45, 7) is 0. The smallest absolute Gasteiger partial charge is 0.228 e. The highest BCUT2D eigenvalue weighted by atomic mass is 16.4. The van der Waals surface area contributed by atoms with E-state index in [1.54, 1.807) is 24.3 Å². The maximum Gasteiger partial charge on any atom is 0.228 e. The summed E-state index contributed by atoms with van der Waals surface area (Å²) in [4.78, 5) is 4.61. The second-order valence-electron chi connectivity index (χ2n) is 11.3. The molecule has 0 spiro atoms. The molecule has 0 aliphatic carbocycles. The Kier molecular flexibility index (Phi) is 3.35. The molecular formula is C41H22N2O3. The maximum absolute atomic E-state index is 9.60. The van der Waals surface area contributed by atoms with Gasteiger partial charge in [-0.1, -0.05) is 84.8 Å². The van der Waals surface area contributed by atoms with Crippen LogP contribution in [0.4, 0.5) is 0 Å². The zero-order valence-electron chi connectivity index (χ0n) is 31.7. The van der Waals surface area contributed by atoms with Crippen molar-refractivity contribution in [1.82, 2.24) is 9.55 Å². The summed E-state index contributed by atoms with van der Waals surface area (Å²) in [6.07, 6.45) is 0. The van der Waals surface area contributed by atoms with Gasteiger partial charge >= 0.3 is 0 Å². The van der Waals surface area contributed by atoms with Crippen LogP contribution in [0.1, 0.15) is 11.0 Å². The lowest BCUT2D eigenvalue weighted by Crippen LogP contribution is -1.94. The SMILES string of the molecule is [2H]c1c([2H])c([2H])c2c(oc3c([2H])c(-c4nc5ccccc5o4)c4c([2H])c([2H])c([2H])c([2H])c4c32)c1-n1c2ccccc2c2ccc3oc4ccccc4c3c21. The fourth-order valence-electron chi connectivity index (χ4n) is 6.91. The van der Waals surface area contributed by atoms with Gasteiger partial charge in [0.2, 0.25) is 5.89 Å². The summed E-state index contributed by atoms with van der Waals surface area (Å²) in [7, 11) is 0. The van der Waals surface area contributed by atoms with E-state index >= 15 is 0 Å². The molecule has 0 saturated heterocycles. The lowest BCUT2D eigenvalue weighted by molar-refractivity contribution is 0.620.